The molecule has 1 amide bonds. The number of rotatable bonds is 7. The van der Waals surface area contributed by atoms with Crippen molar-refractivity contribution in [1.82, 2.24) is 20.4 Å². The molecule has 0 saturated carbocycles. The summed E-state index contributed by atoms with van der Waals surface area (Å²) in [5, 5.41) is 13.1. The van der Waals surface area contributed by atoms with Gasteiger partial charge in [-0.1, -0.05) is 18.2 Å². The molecule has 0 unspecified atom stereocenters. The summed E-state index contributed by atoms with van der Waals surface area (Å²) in [5.41, 5.74) is -0.559. The minimum Gasteiger partial charge on any atom is -0.423 e. The van der Waals surface area contributed by atoms with Crippen LogP contribution in [0, 0.1) is 11.6 Å². The molecule has 2 aromatic carbocycles. The number of hydrogen-bond donors (Lipinski definition) is 2. The Hall–Kier alpha value is -3.47. The van der Waals surface area contributed by atoms with Gasteiger partial charge in [0.15, 0.2) is 0 Å². The third-order valence-electron chi connectivity index (χ3n) is 6.13. The maximum atomic E-state index is 14.9. The van der Waals surface area contributed by atoms with Gasteiger partial charge in [0.1, 0.15) is 11.6 Å². The Morgan fingerprint density at radius 1 is 1.17 bits per heavy atom. The van der Waals surface area contributed by atoms with Crippen molar-refractivity contribution >= 4 is 11.6 Å². The molecule has 186 valence electrons. The van der Waals surface area contributed by atoms with Crippen LogP contribution in [0.15, 0.2) is 41.1 Å². The topological polar surface area (TPSA) is 83.3 Å². The fourth-order valence-electron chi connectivity index (χ4n) is 4.13. The number of likely N-dealkylation sites (tertiary alicyclic amines) is 1. The molecule has 2 N–H and O–H groups in total. The van der Waals surface area contributed by atoms with E-state index in [1.807, 2.05) is 7.05 Å². The highest BCUT2D eigenvalue weighted by Gasteiger charge is 2.25. The molecular formula is C24H25F4N5O2. The zero-order chi connectivity index (χ0) is 25.1. The second-order valence-corrected chi connectivity index (χ2v) is 8.59. The van der Waals surface area contributed by atoms with Gasteiger partial charge in [-0.15, -0.1) is 10.2 Å². The lowest BCUT2D eigenvalue weighted by atomic mass is 10.0. The van der Waals surface area contributed by atoms with Crippen LogP contribution < -0.4 is 10.6 Å². The highest BCUT2D eigenvalue weighted by molar-refractivity contribution is 6.01. The number of nitrogens with one attached hydrogen (secondary N) is 2. The molecule has 3 aromatic rings. The van der Waals surface area contributed by atoms with Gasteiger partial charge in [0.05, 0.1) is 28.4 Å². The predicted octanol–water partition coefficient (Wildman–Crippen LogP) is 4.95. The third kappa shape index (κ3) is 5.45. The van der Waals surface area contributed by atoms with Crippen LogP contribution in [0.2, 0.25) is 0 Å². The second-order valence-electron chi connectivity index (χ2n) is 8.59. The molecule has 0 bridgehead atoms. The Kier molecular flexibility index (Phi) is 7.34. The number of carbonyl (C=O) groups is 1. The van der Waals surface area contributed by atoms with E-state index >= 15 is 0 Å². The summed E-state index contributed by atoms with van der Waals surface area (Å²) < 4.78 is 60.9. The van der Waals surface area contributed by atoms with Crippen molar-refractivity contribution in [3.63, 3.8) is 0 Å². The summed E-state index contributed by atoms with van der Waals surface area (Å²) in [7, 11) is 2.01. The summed E-state index contributed by atoms with van der Waals surface area (Å²) in [6.45, 7) is 3.18. The summed E-state index contributed by atoms with van der Waals surface area (Å²) in [6.07, 6.45) is -0.350. The van der Waals surface area contributed by atoms with E-state index in [2.05, 4.69) is 25.7 Å². The average Bonchev–Trinajstić information content (AvgIpc) is 3.35. The van der Waals surface area contributed by atoms with E-state index in [9.17, 15) is 22.4 Å². The van der Waals surface area contributed by atoms with Crippen LogP contribution in [0.4, 0.5) is 23.2 Å². The minimum atomic E-state index is -2.99. The summed E-state index contributed by atoms with van der Waals surface area (Å²) >= 11 is 0. The maximum Gasteiger partial charge on any atom is 0.266 e. The van der Waals surface area contributed by atoms with Crippen molar-refractivity contribution in [1.29, 1.82) is 0 Å². The molecule has 35 heavy (non-hydrogen) atoms. The Balaban J connectivity index is 1.65. The van der Waals surface area contributed by atoms with Gasteiger partial charge in [0, 0.05) is 11.6 Å². The molecule has 11 heteroatoms. The van der Waals surface area contributed by atoms with Crippen molar-refractivity contribution in [2.45, 2.75) is 38.3 Å². The number of amides is 1. The number of hydrogen-bond acceptors (Lipinski definition) is 6. The van der Waals surface area contributed by atoms with Crippen LogP contribution >= 0.6 is 0 Å². The number of benzene rings is 2. The van der Waals surface area contributed by atoms with E-state index < -0.39 is 35.6 Å². The van der Waals surface area contributed by atoms with Gasteiger partial charge in [-0.2, -0.15) is 0 Å². The van der Waals surface area contributed by atoms with Crippen molar-refractivity contribution in [2.24, 2.45) is 0 Å². The first-order chi connectivity index (χ1) is 16.7. The van der Waals surface area contributed by atoms with Crippen LogP contribution in [0.1, 0.15) is 53.7 Å². The molecule has 4 rings (SSSR count). The van der Waals surface area contributed by atoms with Crippen LogP contribution in [0.25, 0.3) is 11.5 Å². The molecule has 1 atom stereocenters. The molecule has 1 fully saturated rings. The molecular weight excluding hydrogens is 466 g/mol. The van der Waals surface area contributed by atoms with E-state index in [4.69, 9.17) is 4.42 Å². The van der Waals surface area contributed by atoms with E-state index in [1.54, 1.807) is 0 Å². The fourth-order valence-corrected chi connectivity index (χ4v) is 4.13. The Bertz CT molecular complexity index is 1180. The van der Waals surface area contributed by atoms with Gasteiger partial charge in [0.25, 0.3) is 12.3 Å². The lowest BCUT2D eigenvalue weighted by Gasteiger charge is -2.30. The average molecular weight is 491 g/mol. The molecule has 0 radical (unpaired) electrons. The summed E-state index contributed by atoms with van der Waals surface area (Å²) in [6, 6.07) is 5.19. The van der Waals surface area contributed by atoms with Gasteiger partial charge in [-0.05, 0) is 52.0 Å². The van der Waals surface area contributed by atoms with Crippen LogP contribution in [0.3, 0.4) is 0 Å². The Morgan fingerprint density at radius 3 is 2.54 bits per heavy atom. The molecule has 1 saturated heterocycles. The zero-order valence-corrected chi connectivity index (χ0v) is 19.2. The Morgan fingerprint density at radius 2 is 1.89 bits per heavy atom. The first kappa shape index (κ1) is 24.6. The lowest BCUT2D eigenvalue weighted by Crippen LogP contribution is -2.37. The molecule has 2 heterocycles. The quantitative estimate of drug-likeness (QED) is 0.455. The van der Waals surface area contributed by atoms with Gasteiger partial charge < -0.3 is 20.0 Å². The first-order valence-corrected chi connectivity index (χ1v) is 11.2. The third-order valence-corrected chi connectivity index (χ3v) is 6.13. The van der Waals surface area contributed by atoms with Crippen LogP contribution in [0.5, 0.6) is 0 Å². The molecule has 1 aliphatic heterocycles. The Labute approximate surface area is 199 Å². The number of piperidine rings is 1. The first-order valence-electron chi connectivity index (χ1n) is 11.2. The summed E-state index contributed by atoms with van der Waals surface area (Å²) in [4.78, 5) is 15.5. The molecule has 1 aliphatic rings. The number of carbonyl (C=O) groups excluding carboxylic acids is 1. The minimum absolute atomic E-state index is 0.0176. The smallest absolute Gasteiger partial charge is 0.266 e. The second kappa shape index (κ2) is 10.4. The zero-order valence-electron chi connectivity index (χ0n) is 19.2. The highest BCUT2D eigenvalue weighted by Crippen LogP contribution is 2.31. The van der Waals surface area contributed by atoms with Crippen LogP contribution in [-0.4, -0.2) is 47.2 Å². The van der Waals surface area contributed by atoms with E-state index in [1.165, 1.54) is 31.2 Å². The predicted molar refractivity (Wildman–Crippen MR) is 121 cm³/mol. The summed E-state index contributed by atoms with van der Waals surface area (Å²) in [5.74, 6) is -2.49. The highest BCUT2D eigenvalue weighted by atomic mass is 19.3. The van der Waals surface area contributed by atoms with Crippen molar-refractivity contribution in [3.05, 3.63) is 65.1 Å². The van der Waals surface area contributed by atoms with Crippen LogP contribution in [-0.2, 0) is 0 Å². The molecule has 1 aromatic heterocycles. The fraction of sp³-hybridized carbons (Fsp3) is 0.375. The van der Waals surface area contributed by atoms with E-state index in [0.29, 0.717) is 0 Å². The SMILES string of the molecule is C[C@@H](NC(=O)c1cc(-c2nnco2)c(F)cc1NC1CCN(C)CC1)c1cccc(C(F)F)c1F. The number of halogens is 4. The number of alkyl halides is 2. The largest absolute Gasteiger partial charge is 0.423 e. The standard InChI is InChI=1S/C24H25F4N5O2/c1-13(15-4-3-5-16(21(15)26)22(27)28)30-23(34)18-10-17(24-32-29-12-35-24)19(25)11-20(18)31-14-6-8-33(2)9-7-14/h3-5,10-14,22,31H,6-9H2,1-2H3,(H,30,34)/t13-/m1/s1. The van der Waals surface area contributed by atoms with Crippen molar-refractivity contribution in [3.8, 4) is 11.5 Å². The van der Waals surface area contributed by atoms with Crippen molar-refractivity contribution < 1.29 is 26.8 Å². The monoisotopic (exact) mass is 491 g/mol. The lowest BCUT2D eigenvalue weighted by molar-refractivity contribution is 0.0940. The number of nitrogens with zero attached hydrogens (tertiary/aromatic N) is 3. The number of aromatic nitrogens is 2. The normalized spacial score (nSPS) is 15.9. The number of anilines is 1. The van der Waals surface area contributed by atoms with Crippen molar-refractivity contribution in [2.75, 3.05) is 25.5 Å². The van der Waals surface area contributed by atoms with Gasteiger partial charge >= 0.3 is 0 Å². The molecule has 0 spiro atoms. The van der Waals surface area contributed by atoms with Gasteiger partial charge in [-0.25, -0.2) is 17.6 Å². The van der Waals surface area contributed by atoms with Gasteiger partial charge in [-0.3, -0.25) is 4.79 Å². The molecule has 0 aliphatic carbocycles. The maximum absolute atomic E-state index is 14.9. The van der Waals surface area contributed by atoms with Gasteiger partial charge in [0.2, 0.25) is 12.3 Å². The molecule has 7 nitrogen and oxygen atoms in total. The van der Waals surface area contributed by atoms with E-state index in [-0.39, 0.29) is 34.3 Å². The van der Waals surface area contributed by atoms with E-state index in [0.717, 1.165) is 38.4 Å².